The second-order valence-electron chi connectivity index (χ2n) is 7.30. The number of esters is 1. The number of furan rings is 1. The summed E-state index contributed by atoms with van der Waals surface area (Å²) in [5.74, 6) is -0.977. The van der Waals surface area contributed by atoms with Crippen LogP contribution in [0.5, 0.6) is 0 Å². The number of carbonyl (C=O) groups excluding carboxylic acids is 2. The number of rotatable bonds is 6. The number of ether oxygens (including phenoxy) is 1. The molecule has 8 nitrogen and oxygen atoms in total. The lowest BCUT2D eigenvalue weighted by Crippen LogP contribution is -2.12. The molecule has 0 radical (unpaired) electrons. The van der Waals surface area contributed by atoms with E-state index in [2.05, 4.69) is 5.10 Å². The number of Topliss-reactive ketones (excluding diaryl/α,β-unsaturated/α-hetero) is 1. The molecule has 31 heavy (non-hydrogen) atoms. The molecule has 1 saturated heterocycles. The quantitative estimate of drug-likeness (QED) is 0.314. The lowest BCUT2D eigenvalue weighted by molar-refractivity contribution is -0.136. The van der Waals surface area contributed by atoms with E-state index in [0.29, 0.717) is 23.3 Å². The number of para-hydroxylation sites is 1. The van der Waals surface area contributed by atoms with E-state index in [1.807, 2.05) is 12.1 Å². The summed E-state index contributed by atoms with van der Waals surface area (Å²) in [6.07, 6.45) is 3.04. The van der Waals surface area contributed by atoms with Crippen molar-refractivity contribution in [2.75, 3.05) is 18.1 Å². The van der Waals surface area contributed by atoms with Crippen LogP contribution in [0.2, 0.25) is 5.15 Å². The van der Waals surface area contributed by atoms with Gasteiger partial charge in [0, 0.05) is 17.0 Å². The van der Waals surface area contributed by atoms with Crippen LogP contribution in [0.4, 0.5) is 0 Å². The number of sulfone groups is 1. The first-order valence-corrected chi connectivity index (χ1v) is 11.7. The van der Waals surface area contributed by atoms with E-state index in [1.165, 1.54) is 10.8 Å². The van der Waals surface area contributed by atoms with Crippen molar-refractivity contribution >= 4 is 50.2 Å². The van der Waals surface area contributed by atoms with Gasteiger partial charge >= 0.3 is 5.97 Å². The van der Waals surface area contributed by atoms with Crippen LogP contribution in [0.25, 0.3) is 17.0 Å². The van der Waals surface area contributed by atoms with Crippen molar-refractivity contribution in [2.24, 2.45) is 0 Å². The molecule has 10 heteroatoms. The molecule has 3 heterocycles. The molecular weight excluding hydrogens is 444 g/mol. The second-order valence-corrected chi connectivity index (χ2v) is 9.89. The Labute approximate surface area is 183 Å². The lowest BCUT2D eigenvalue weighted by atomic mass is 10.2. The molecule has 0 spiro atoms. The minimum atomic E-state index is -3.09. The Bertz CT molecular complexity index is 1270. The molecule has 3 aromatic rings. The van der Waals surface area contributed by atoms with Crippen LogP contribution in [0.15, 0.2) is 40.8 Å². The summed E-state index contributed by atoms with van der Waals surface area (Å²) >= 11 is 6.37. The molecule has 1 atom stereocenters. The van der Waals surface area contributed by atoms with Crippen molar-refractivity contribution in [3.05, 3.63) is 58.6 Å². The van der Waals surface area contributed by atoms with Crippen molar-refractivity contribution in [3.63, 3.8) is 0 Å². The van der Waals surface area contributed by atoms with Crippen LogP contribution in [-0.2, 0) is 19.4 Å². The number of aryl methyl sites for hydroxylation is 1. The van der Waals surface area contributed by atoms with Gasteiger partial charge in [-0.05, 0) is 31.6 Å². The van der Waals surface area contributed by atoms with E-state index < -0.39 is 28.2 Å². The maximum Gasteiger partial charge on any atom is 0.331 e. The summed E-state index contributed by atoms with van der Waals surface area (Å²) in [5.41, 5.74) is 1.62. The molecule has 0 bridgehead atoms. The molecule has 0 N–H and O–H groups in total. The Kier molecular flexibility index (Phi) is 5.72. The number of aromatic nitrogens is 2. The van der Waals surface area contributed by atoms with Crippen molar-refractivity contribution in [2.45, 2.75) is 19.4 Å². The zero-order valence-corrected chi connectivity index (χ0v) is 18.1. The highest BCUT2D eigenvalue weighted by Gasteiger charge is 2.31. The summed E-state index contributed by atoms with van der Waals surface area (Å²) < 4.78 is 35.4. The topological polar surface area (TPSA) is 108 Å². The van der Waals surface area contributed by atoms with Crippen molar-refractivity contribution in [1.82, 2.24) is 9.78 Å². The molecule has 1 unspecified atom stereocenters. The smallest absolute Gasteiger partial charge is 0.331 e. The fourth-order valence-corrected chi connectivity index (χ4v) is 5.53. The predicted molar refractivity (Wildman–Crippen MR) is 115 cm³/mol. The number of benzene rings is 1. The van der Waals surface area contributed by atoms with Gasteiger partial charge in [0.2, 0.25) is 5.78 Å². The van der Waals surface area contributed by atoms with Gasteiger partial charge in [-0.1, -0.05) is 29.8 Å². The molecule has 0 aliphatic carbocycles. The van der Waals surface area contributed by atoms with Gasteiger partial charge in [0.25, 0.3) is 0 Å². The normalized spacial score (nSPS) is 18.1. The van der Waals surface area contributed by atoms with Crippen LogP contribution in [0.3, 0.4) is 0 Å². The highest BCUT2D eigenvalue weighted by atomic mass is 35.5. The number of hydrogen-bond acceptors (Lipinski definition) is 7. The van der Waals surface area contributed by atoms with E-state index in [0.717, 1.165) is 11.5 Å². The summed E-state index contributed by atoms with van der Waals surface area (Å²) in [5, 5.41) is 5.36. The highest BCUT2D eigenvalue weighted by molar-refractivity contribution is 7.91. The highest BCUT2D eigenvalue weighted by Crippen LogP contribution is 2.30. The fraction of sp³-hybridized carbons (Fsp3) is 0.286. The molecule has 0 amide bonds. The zero-order chi connectivity index (χ0) is 22.2. The van der Waals surface area contributed by atoms with E-state index in [1.54, 1.807) is 25.1 Å². The Hall–Kier alpha value is -2.91. The first-order valence-electron chi connectivity index (χ1n) is 9.55. The van der Waals surface area contributed by atoms with Gasteiger partial charge in [0.1, 0.15) is 10.7 Å². The lowest BCUT2D eigenvalue weighted by Gasteiger charge is -2.09. The third-order valence-corrected chi connectivity index (χ3v) is 7.18. The Morgan fingerprint density at radius 3 is 2.84 bits per heavy atom. The monoisotopic (exact) mass is 462 g/mol. The molecule has 162 valence electrons. The summed E-state index contributed by atoms with van der Waals surface area (Å²) in [6.45, 7) is 1.25. The number of carbonyl (C=O) groups is 2. The predicted octanol–water partition coefficient (Wildman–Crippen LogP) is 3.39. The summed E-state index contributed by atoms with van der Waals surface area (Å²) in [7, 11) is -3.09. The second kappa shape index (κ2) is 8.32. The average molecular weight is 463 g/mol. The van der Waals surface area contributed by atoms with E-state index in [9.17, 15) is 18.0 Å². The Balaban J connectivity index is 1.39. The first kappa shape index (κ1) is 21.3. The van der Waals surface area contributed by atoms with Gasteiger partial charge in [-0.15, -0.1) is 0 Å². The van der Waals surface area contributed by atoms with Gasteiger partial charge in [-0.2, -0.15) is 5.10 Å². The maximum atomic E-state index is 12.2. The van der Waals surface area contributed by atoms with Gasteiger partial charge < -0.3 is 9.15 Å². The van der Waals surface area contributed by atoms with E-state index in [4.69, 9.17) is 20.8 Å². The Morgan fingerprint density at radius 2 is 2.13 bits per heavy atom. The van der Waals surface area contributed by atoms with Gasteiger partial charge in [0.05, 0.1) is 23.2 Å². The number of ketones is 1. The van der Waals surface area contributed by atoms with Crippen molar-refractivity contribution < 1.29 is 27.2 Å². The third-order valence-electron chi connectivity index (χ3n) is 5.06. The third kappa shape index (κ3) is 4.57. The molecule has 4 rings (SSSR count). The Morgan fingerprint density at radius 1 is 1.35 bits per heavy atom. The van der Waals surface area contributed by atoms with Crippen LogP contribution in [0, 0.1) is 6.92 Å². The van der Waals surface area contributed by atoms with E-state index >= 15 is 0 Å². The average Bonchev–Trinajstić information content (AvgIpc) is 3.40. The largest absolute Gasteiger partial charge is 0.454 e. The van der Waals surface area contributed by atoms with Crippen LogP contribution in [-0.4, -0.2) is 48.1 Å². The molecular formula is C21H19ClN2O6S. The van der Waals surface area contributed by atoms with E-state index in [-0.39, 0.29) is 28.5 Å². The molecule has 0 saturated carbocycles. The zero-order valence-electron chi connectivity index (χ0n) is 16.6. The van der Waals surface area contributed by atoms with Crippen LogP contribution in [0.1, 0.15) is 34.3 Å². The molecule has 2 aromatic heterocycles. The van der Waals surface area contributed by atoms with Crippen LogP contribution >= 0.6 is 11.6 Å². The molecule has 1 aliphatic heterocycles. The first-order chi connectivity index (χ1) is 14.7. The summed E-state index contributed by atoms with van der Waals surface area (Å²) in [6, 6.07) is 8.46. The summed E-state index contributed by atoms with van der Waals surface area (Å²) in [4.78, 5) is 24.3. The fourth-order valence-electron chi connectivity index (χ4n) is 3.46. The van der Waals surface area contributed by atoms with Gasteiger partial charge in [-0.25, -0.2) is 17.9 Å². The van der Waals surface area contributed by atoms with Gasteiger partial charge in [-0.3, -0.25) is 4.79 Å². The number of nitrogens with zero attached hydrogens (tertiary/aromatic N) is 2. The van der Waals surface area contributed by atoms with Crippen LogP contribution < -0.4 is 0 Å². The maximum absolute atomic E-state index is 12.2. The molecule has 1 fully saturated rings. The number of fused-ring (bicyclic) bond motifs is 1. The van der Waals surface area contributed by atoms with Crippen molar-refractivity contribution in [3.8, 4) is 0 Å². The standard InChI is InChI=1S/C21H19ClN2O6S/c1-13-16(21(22)24(23-13)15-8-9-31(27,28)12-15)6-7-20(26)29-11-17(25)19-10-14-4-2-3-5-18(14)30-19/h2-7,10,15H,8-9,11-12H2,1H3/b7-6+. The SMILES string of the molecule is Cc1nn(C2CCS(=O)(=O)C2)c(Cl)c1/C=C/C(=O)OCC(=O)c1cc2ccccc2o1. The minimum absolute atomic E-state index is 0.0110. The molecule has 1 aliphatic rings. The molecule has 1 aromatic carbocycles. The van der Waals surface area contributed by atoms with Crippen molar-refractivity contribution in [1.29, 1.82) is 0 Å². The number of halogens is 1. The number of hydrogen-bond donors (Lipinski definition) is 0. The minimum Gasteiger partial charge on any atom is -0.454 e. The van der Waals surface area contributed by atoms with Gasteiger partial charge in [0.15, 0.2) is 22.2 Å².